The van der Waals surface area contributed by atoms with Gasteiger partial charge in [-0.25, -0.2) is 4.79 Å². The Kier molecular flexibility index (Phi) is 5.51. The molecule has 1 atom stereocenters. The minimum absolute atomic E-state index is 0.116. The summed E-state index contributed by atoms with van der Waals surface area (Å²) in [5.41, 5.74) is 1.31. The third-order valence-electron chi connectivity index (χ3n) is 3.40. The fourth-order valence-electron chi connectivity index (χ4n) is 2.22. The molecule has 1 fully saturated rings. The smallest absolute Gasteiger partial charge is 0.328 e. The van der Waals surface area contributed by atoms with Gasteiger partial charge in [0.1, 0.15) is 0 Å². The SMILES string of the molecule is O=C(O)C=Cc1ccc(C(=O)NCC2CCCOC2)cc1. The molecule has 2 rings (SSSR count). The van der Waals surface area contributed by atoms with Gasteiger partial charge in [0, 0.05) is 24.8 Å². The molecule has 21 heavy (non-hydrogen) atoms. The van der Waals surface area contributed by atoms with E-state index in [2.05, 4.69) is 5.32 Å². The summed E-state index contributed by atoms with van der Waals surface area (Å²) in [5.74, 6) is -0.721. The van der Waals surface area contributed by atoms with Crippen molar-refractivity contribution in [3.05, 3.63) is 41.5 Å². The molecule has 0 aromatic heterocycles. The number of aliphatic carboxylic acids is 1. The Morgan fingerprint density at radius 1 is 1.33 bits per heavy atom. The van der Waals surface area contributed by atoms with Crippen LogP contribution in [0.15, 0.2) is 30.3 Å². The van der Waals surface area contributed by atoms with Crippen molar-refractivity contribution in [3.8, 4) is 0 Å². The van der Waals surface area contributed by atoms with E-state index in [1.54, 1.807) is 24.3 Å². The van der Waals surface area contributed by atoms with E-state index in [0.29, 0.717) is 24.6 Å². The number of hydrogen-bond donors (Lipinski definition) is 2. The fraction of sp³-hybridized carbons (Fsp3) is 0.375. The van der Waals surface area contributed by atoms with Crippen LogP contribution >= 0.6 is 0 Å². The summed E-state index contributed by atoms with van der Waals surface area (Å²) in [4.78, 5) is 22.4. The van der Waals surface area contributed by atoms with Crippen LogP contribution < -0.4 is 5.32 Å². The molecular weight excluding hydrogens is 270 g/mol. The van der Waals surface area contributed by atoms with Crippen LogP contribution in [0.5, 0.6) is 0 Å². The standard InChI is InChI=1S/C16H19NO4/c18-15(19)8-5-12-3-6-14(7-4-12)16(20)17-10-13-2-1-9-21-11-13/h3-8,13H,1-2,9-11H2,(H,17,20)(H,18,19). The van der Waals surface area contributed by atoms with Crippen LogP contribution in [-0.4, -0.2) is 36.7 Å². The van der Waals surface area contributed by atoms with E-state index in [0.717, 1.165) is 31.1 Å². The van der Waals surface area contributed by atoms with Crippen LogP contribution in [0.3, 0.4) is 0 Å². The maximum atomic E-state index is 12.0. The number of benzene rings is 1. The van der Waals surface area contributed by atoms with E-state index < -0.39 is 5.97 Å². The van der Waals surface area contributed by atoms with E-state index in [1.165, 1.54) is 6.08 Å². The van der Waals surface area contributed by atoms with Gasteiger partial charge >= 0.3 is 5.97 Å². The molecule has 1 aliphatic heterocycles. The van der Waals surface area contributed by atoms with Gasteiger partial charge in [-0.1, -0.05) is 12.1 Å². The number of carboxylic acid groups (broad SMARTS) is 1. The summed E-state index contributed by atoms with van der Waals surface area (Å²) >= 11 is 0. The zero-order chi connectivity index (χ0) is 15.1. The van der Waals surface area contributed by atoms with Gasteiger partial charge in [0.25, 0.3) is 5.91 Å². The number of carbonyl (C=O) groups is 2. The van der Waals surface area contributed by atoms with E-state index >= 15 is 0 Å². The zero-order valence-electron chi connectivity index (χ0n) is 11.7. The van der Waals surface area contributed by atoms with Crippen LogP contribution in [0, 0.1) is 5.92 Å². The lowest BCUT2D eigenvalue weighted by atomic mass is 10.0. The van der Waals surface area contributed by atoms with Crippen LogP contribution in [0.25, 0.3) is 6.08 Å². The van der Waals surface area contributed by atoms with Gasteiger partial charge in [-0.2, -0.15) is 0 Å². The van der Waals surface area contributed by atoms with E-state index in [4.69, 9.17) is 9.84 Å². The van der Waals surface area contributed by atoms with Crippen molar-refractivity contribution in [1.29, 1.82) is 0 Å². The molecule has 0 spiro atoms. The summed E-state index contributed by atoms with van der Waals surface area (Å²) in [5, 5.41) is 11.5. The average Bonchev–Trinajstić information content (AvgIpc) is 2.52. The van der Waals surface area contributed by atoms with Crippen LogP contribution in [0.1, 0.15) is 28.8 Å². The lowest BCUT2D eigenvalue weighted by molar-refractivity contribution is -0.131. The van der Waals surface area contributed by atoms with Crippen molar-refractivity contribution < 1.29 is 19.4 Å². The van der Waals surface area contributed by atoms with Gasteiger partial charge in [-0.3, -0.25) is 4.79 Å². The molecule has 0 bridgehead atoms. The molecule has 5 heteroatoms. The van der Waals surface area contributed by atoms with Crippen molar-refractivity contribution in [2.45, 2.75) is 12.8 Å². The molecular formula is C16H19NO4. The summed E-state index contributed by atoms with van der Waals surface area (Å²) in [6.07, 6.45) is 4.69. The highest BCUT2D eigenvalue weighted by Gasteiger charge is 2.15. The zero-order valence-corrected chi connectivity index (χ0v) is 11.7. The Labute approximate surface area is 123 Å². The highest BCUT2D eigenvalue weighted by atomic mass is 16.5. The Bertz CT molecular complexity index is 516. The fourth-order valence-corrected chi connectivity index (χ4v) is 2.22. The van der Waals surface area contributed by atoms with Crippen molar-refractivity contribution in [2.24, 2.45) is 5.92 Å². The van der Waals surface area contributed by atoms with Gasteiger partial charge in [0.2, 0.25) is 0 Å². The van der Waals surface area contributed by atoms with Crippen molar-refractivity contribution in [2.75, 3.05) is 19.8 Å². The topological polar surface area (TPSA) is 75.6 Å². The molecule has 1 saturated heterocycles. The predicted molar refractivity (Wildman–Crippen MR) is 79.0 cm³/mol. The summed E-state index contributed by atoms with van der Waals surface area (Å²) in [7, 11) is 0. The number of amides is 1. The second-order valence-corrected chi connectivity index (χ2v) is 5.09. The first-order chi connectivity index (χ1) is 10.1. The van der Waals surface area contributed by atoms with E-state index in [-0.39, 0.29) is 5.91 Å². The molecule has 1 aromatic carbocycles. The van der Waals surface area contributed by atoms with Crippen molar-refractivity contribution in [1.82, 2.24) is 5.32 Å². The second kappa shape index (κ2) is 7.59. The molecule has 112 valence electrons. The van der Waals surface area contributed by atoms with Crippen LogP contribution in [-0.2, 0) is 9.53 Å². The maximum absolute atomic E-state index is 12.0. The molecule has 1 heterocycles. The monoisotopic (exact) mass is 289 g/mol. The van der Waals surface area contributed by atoms with Gasteiger partial charge < -0.3 is 15.2 Å². The highest BCUT2D eigenvalue weighted by molar-refractivity contribution is 5.94. The number of ether oxygens (including phenoxy) is 1. The number of hydrogen-bond acceptors (Lipinski definition) is 3. The Morgan fingerprint density at radius 3 is 2.71 bits per heavy atom. The van der Waals surface area contributed by atoms with Crippen molar-refractivity contribution >= 4 is 18.0 Å². The van der Waals surface area contributed by atoms with E-state index in [9.17, 15) is 9.59 Å². The molecule has 0 aliphatic carbocycles. The molecule has 0 radical (unpaired) electrons. The molecule has 1 amide bonds. The number of carbonyl (C=O) groups excluding carboxylic acids is 1. The first-order valence-electron chi connectivity index (χ1n) is 7.02. The van der Waals surface area contributed by atoms with Gasteiger partial charge in [0.05, 0.1) is 6.61 Å². The molecule has 0 saturated carbocycles. The summed E-state index contributed by atoms with van der Waals surface area (Å²) in [6.45, 7) is 2.15. The predicted octanol–water partition coefficient (Wildman–Crippen LogP) is 1.94. The Morgan fingerprint density at radius 2 is 2.10 bits per heavy atom. The number of nitrogens with one attached hydrogen (secondary N) is 1. The third kappa shape index (κ3) is 5.04. The summed E-state index contributed by atoms with van der Waals surface area (Å²) < 4.78 is 5.38. The van der Waals surface area contributed by atoms with Crippen LogP contribution in [0.4, 0.5) is 0 Å². The molecule has 1 unspecified atom stereocenters. The first-order valence-corrected chi connectivity index (χ1v) is 7.02. The molecule has 1 aromatic rings. The lowest BCUT2D eigenvalue weighted by Crippen LogP contribution is -2.33. The largest absolute Gasteiger partial charge is 0.478 e. The molecule has 1 aliphatic rings. The minimum atomic E-state index is -0.994. The maximum Gasteiger partial charge on any atom is 0.328 e. The Balaban J connectivity index is 1.85. The third-order valence-corrected chi connectivity index (χ3v) is 3.40. The summed E-state index contributed by atoms with van der Waals surface area (Å²) in [6, 6.07) is 6.82. The van der Waals surface area contributed by atoms with Crippen LogP contribution in [0.2, 0.25) is 0 Å². The number of carboxylic acids is 1. The van der Waals surface area contributed by atoms with Crippen molar-refractivity contribution in [3.63, 3.8) is 0 Å². The number of rotatable bonds is 5. The first kappa shape index (κ1) is 15.3. The van der Waals surface area contributed by atoms with Gasteiger partial charge in [-0.05, 0) is 42.5 Å². The average molecular weight is 289 g/mol. The quantitative estimate of drug-likeness (QED) is 0.812. The van der Waals surface area contributed by atoms with E-state index in [1.807, 2.05) is 0 Å². The highest BCUT2D eigenvalue weighted by Crippen LogP contribution is 2.12. The molecule has 2 N–H and O–H groups in total. The second-order valence-electron chi connectivity index (χ2n) is 5.09. The Hall–Kier alpha value is -2.14. The van der Waals surface area contributed by atoms with Gasteiger partial charge in [-0.15, -0.1) is 0 Å². The molecule has 5 nitrogen and oxygen atoms in total. The lowest BCUT2D eigenvalue weighted by Gasteiger charge is -2.22. The normalized spacial score (nSPS) is 18.6. The minimum Gasteiger partial charge on any atom is -0.478 e. The van der Waals surface area contributed by atoms with Gasteiger partial charge in [0.15, 0.2) is 0 Å².